The van der Waals surface area contributed by atoms with E-state index in [4.69, 9.17) is 5.11 Å². The van der Waals surface area contributed by atoms with E-state index in [0.717, 1.165) is 32.1 Å². The standard InChI is InChI=1S/C14H19NO2/c16-14(17)13-8-4-7-12(15-13)10-9-11-5-2-1-3-6-11/h1-3,5-6,12-13,15H,4,7-10H2,(H,16,17). The fourth-order valence-corrected chi connectivity index (χ4v) is 2.43. The van der Waals surface area contributed by atoms with Gasteiger partial charge in [-0.05, 0) is 37.7 Å². The molecule has 92 valence electrons. The van der Waals surface area contributed by atoms with E-state index in [2.05, 4.69) is 17.4 Å². The molecule has 0 bridgehead atoms. The van der Waals surface area contributed by atoms with E-state index in [0.29, 0.717) is 6.04 Å². The summed E-state index contributed by atoms with van der Waals surface area (Å²) in [6.07, 6.45) is 4.91. The summed E-state index contributed by atoms with van der Waals surface area (Å²) in [6.45, 7) is 0. The van der Waals surface area contributed by atoms with Crippen LogP contribution in [-0.4, -0.2) is 23.2 Å². The van der Waals surface area contributed by atoms with E-state index in [1.807, 2.05) is 18.2 Å². The monoisotopic (exact) mass is 233 g/mol. The second kappa shape index (κ2) is 5.82. The summed E-state index contributed by atoms with van der Waals surface area (Å²) >= 11 is 0. The molecule has 1 aromatic rings. The van der Waals surface area contributed by atoms with Gasteiger partial charge in [0.2, 0.25) is 0 Å². The first-order valence-electron chi connectivity index (χ1n) is 6.28. The molecule has 2 unspecified atom stereocenters. The van der Waals surface area contributed by atoms with Crippen molar-refractivity contribution in [2.45, 2.75) is 44.2 Å². The molecule has 0 aromatic heterocycles. The number of rotatable bonds is 4. The molecule has 1 fully saturated rings. The zero-order valence-electron chi connectivity index (χ0n) is 9.93. The second-order valence-corrected chi connectivity index (χ2v) is 4.71. The Labute approximate surface area is 102 Å². The maximum Gasteiger partial charge on any atom is 0.320 e. The summed E-state index contributed by atoms with van der Waals surface area (Å²) in [6, 6.07) is 10.4. The fourth-order valence-electron chi connectivity index (χ4n) is 2.43. The van der Waals surface area contributed by atoms with Crippen molar-refractivity contribution < 1.29 is 9.90 Å². The van der Waals surface area contributed by atoms with E-state index in [1.165, 1.54) is 5.56 Å². The average molecular weight is 233 g/mol. The van der Waals surface area contributed by atoms with Gasteiger partial charge in [-0.15, -0.1) is 0 Å². The number of benzene rings is 1. The second-order valence-electron chi connectivity index (χ2n) is 4.71. The number of carboxylic acids is 1. The molecule has 1 saturated heterocycles. The predicted molar refractivity (Wildman–Crippen MR) is 67.0 cm³/mol. The highest BCUT2D eigenvalue weighted by molar-refractivity contribution is 5.73. The molecule has 3 nitrogen and oxygen atoms in total. The van der Waals surface area contributed by atoms with Crippen molar-refractivity contribution >= 4 is 5.97 Å². The van der Waals surface area contributed by atoms with Crippen LogP contribution in [0.25, 0.3) is 0 Å². The van der Waals surface area contributed by atoms with Crippen LogP contribution in [0.15, 0.2) is 30.3 Å². The molecule has 0 amide bonds. The largest absolute Gasteiger partial charge is 0.480 e. The van der Waals surface area contributed by atoms with Gasteiger partial charge in [0.25, 0.3) is 0 Å². The van der Waals surface area contributed by atoms with Gasteiger partial charge < -0.3 is 10.4 Å². The van der Waals surface area contributed by atoms with Crippen LogP contribution in [0, 0.1) is 0 Å². The van der Waals surface area contributed by atoms with Crippen molar-refractivity contribution in [3.8, 4) is 0 Å². The fraction of sp³-hybridized carbons (Fsp3) is 0.500. The highest BCUT2D eigenvalue weighted by Crippen LogP contribution is 2.17. The van der Waals surface area contributed by atoms with Crippen LogP contribution in [-0.2, 0) is 11.2 Å². The molecular weight excluding hydrogens is 214 g/mol. The van der Waals surface area contributed by atoms with Gasteiger partial charge in [-0.2, -0.15) is 0 Å². The van der Waals surface area contributed by atoms with Crippen LogP contribution in [0.1, 0.15) is 31.2 Å². The maximum atomic E-state index is 10.9. The normalized spacial score (nSPS) is 24.5. The van der Waals surface area contributed by atoms with Crippen LogP contribution < -0.4 is 5.32 Å². The summed E-state index contributed by atoms with van der Waals surface area (Å²) in [5, 5.41) is 12.2. The van der Waals surface area contributed by atoms with Crippen LogP contribution >= 0.6 is 0 Å². The van der Waals surface area contributed by atoms with E-state index in [9.17, 15) is 4.79 Å². The number of hydrogen-bond donors (Lipinski definition) is 2. The zero-order chi connectivity index (χ0) is 12.1. The highest BCUT2D eigenvalue weighted by atomic mass is 16.4. The summed E-state index contributed by atoms with van der Waals surface area (Å²) in [4.78, 5) is 10.9. The third-order valence-electron chi connectivity index (χ3n) is 3.40. The van der Waals surface area contributed by atoms with Gasteiger partial charge in [0.15, 0.2) is 0 Å². The number of nitrogens with one attached hydrogen (secondary N) is 1. The number of aliphatic carboxylic acids is 1. The van der Waals surface area contributed by atoms with Gasteiger partial charge in [0, 0.05) is 6.04 Å². The number of carboxylic acid groups (broad SMARTS) is 1. The molecule has 2 rings (SSSR count). The predicted octanol–water partition coefficient (Wildman–Crippen LogP) is 2.21. The molecule has 2 atom stereocenters. The molecule has 1 heterocycles. The first kappa shape index (κ1) is 12.1. The molecule has 3 heteroatoms. The average Bonchev–Trinajstić information content (AvgIpc) is 2.38. The number of piperidine rings is 1. The molecule has 0 spiro atoms. The van der Waals surface area contributed by atoms with Crippen molar-refractivity contribution in [1.82, 2.24) is 5.32 Å². The van der Waals surface area contributed by atoms with Crippen molar-refractivity contribution in [3.05, 3.63) is 35.9 Å². The first-order valence-corrected chi connectivity index (χ1v) is 6.28. The number of carbonyl (C=O) groups is 1. The third kappa shape index (κ3) is 3.56. The minimum atomic E-state index is -0.714. The summed E-state index contributed by atoms with van der Waals surface area (Å²) < 4.78 is 0. The summed E-state index contributed by atoms with van der Waals surface area (Å²) in [7, 11) is 0. The Morgan fingerprint density at radius 3 is 2.76 bits per heavy atom. The van der Waals surface area contributed by atoms with Crippen LogP contribution in [0.5, 0.6) is 0 Å². The van der Waals surface area contributed by atoms with E-state index < -0.39 is 5.97 Å². The maximum absolute atomic E-state index is 10.9. The molecular formula is C14H19NO2. The SMILES string of the molecule is O=C(O)C1CCCC(CCc2ccccc2)N1. The Bertz CT molecular complexity index is 364. The molecule has 1 aliphatic heterocycles. The van der Waals surface area contributed by atoms with Gasteiger partial charge in [0.1, 0.15) is 6.04 Å². The van der Waals surface area contributed by atoms with Gasteiger partial charge in [-0.3, -0.25) is 4.79 Å². The quantitative estimate of drug-likeness (QED) is 0.838. The molecule has 17 heavy (non-hydrogen) atoms. The highest BCUT2D eigenvalue weighted by Gasteiger charge is 2.25. The molecule has 0 radical (unpaired) electrons. The Morgan fingerprint density at radius 1 is 1.29 bits per heavy atom. The third-order valence-corrected chi connectivity index (χ3v) is 3.40. The molecule has 1 aromatic carbocycles. The number of aryl methyl sites for hydroxylation is 1. The van der Waals surface area contributed by atoms with Crippen LogP contribution in [0.2, 0.25) is 0 Å². The molecule has 0 aliphatic carbocycles. The van der Waals surface area contributed by atoms with Gasteiger partial charge in [0.05, 0.1) is 0 Å². The van der Waals surface area contributed by atoms with E-state index in [1.54, 1.807) is 0 Å². The summed E-state index contributed by atoms with van der Waals surface area (Å²) in [5.74, 6) is -0.714. The lowest BCUT2D eigenvalue weighted by Crippen LogP contribution is -2.46. The lowest BCUT2D eigenvalue weighted by atomic mass is 9.94. The zero-order valence-corrected chi connectivity index (χ0v) is 9.93. The minimum absolute atomic E-state index is 0.343. The Morgan fingerprint density at radius 2 is 2.06 bits per heavy atom. The molecule has 2 N–H and O–H groups in total. The van der Waals surface area contributed by atoms with Crippen molar-refractivity contribution in [3.63, 3.8) is 0 Å². The van der Waals surface area contributed by atoms with Gasteiger partial charge in [-0.1, -0.05) is 30.3 Å². The number of hydrogen-bond acceptors (Lipinski definition) is 2. The van der Waals surface area contributed by atoms with E-state index in [-0.39, 0.29) is 6.04 Å². The lowest BCUT2D eigenvalue weighted by Gasteiger charge is -2.28. The lowest BCUT2D eigenvalue weighted by molar-refractivity contribution is -0.140. The van der Waals surface area contributed by atoms with Crippen LogP contribution in [0.3, 0.4) is 0 Å². The van der Waals surface area contributed by atoms with Crippen molar-refractivity contribution in [2.24, 2.45) is 0 Å². The Balaban J connectivity index is 1.81. The summed E-state index contributed by atoms with van der Waals surface area (Å²) in [5.41, 5.74) is 1.33. The van der Waals surface area contributed by atoms with Gasteiger partial charge in [-0.25, -0.2) is 0 Å². The van der Waals surface area contributed by atoms with Crippen LogP contribution in [0.4, 0.5) is 0 Å². The first-order chi connectivity index (χ1) is 8.25. The topological polar surface area (TPSA) is 49.3 Å². The van der Waals surface area contributed by atoms with Crippen molar-refractivity contribution in [1.29, 1.82) is 0 Å². The molecule has 0 saturated carbocycles. The Kier molecular flexibility index (Phi) is 4.15. The Hall–Kier alpha value is -1.35. The van der Waals surface area contributed by atoms with Crippen molar-refractivity contribution in [2.75, 3.05) is 0 Å². The van der Waals surface area contributed by atoms with Gasteiger partial charge >= 0.3 is 5.97 Å². The smallest absolute Gasteiger partial charge is 0.320 e. The minimum Gasteiger partial charge on any atom is -0.480 e. The molecule has 1 aliphatic rings. The van der Waals surface area contributed by atoms with E-state index >= 15 is 0 Å².